The second kappa shape index (κ2) is 6.36. The zero-order valence-corrected chi connectivity index (χ0v) is 10.8. The lowest BCUT2D eigenvalue weighted by Gasteiger charge is -2.40. The molecule has 1 saturated heterocycles. The molecule has 1 atom stereocenters. The molecule has 1 amide bonds. The third-order valence-corrected chi connectivity index (χ3v) is 3.89. The average molecular weight is 240 g/mol. The SMILES string of the molecule is CNCCC1CN(C2CCCCC2)C(=O)CO1. The fourth-order valence-electron chi connectivity index (χ4n) is 2.87. The number of rotatable bonds is 4. The quantitative estimate of drug-likeness (QED) is 0.801. The van der Waals surface area contributed by atoms with Crippen LogP contribution >= 0.6 is 0 Å². The van der Waals surface area contributed by atoms with Gasteiger partial charge >= 0.3 is 0 Å². The maximum absolute atomic E-state index is 11.9. The van der Waals surface area contributed by atoms with Crippen molar-refractivity contribution in [2.24, 2.45) is 0 Å². The van der Waals surface area contributed by atoms with Gasteiger partial charge in [0.25, 0.3) is 0 Å². The molecule has 4 heteroatoms. The van der Waals surface area contributed by atoms with E-state index in [0.29, 0.717) is 6.04 Å². The molecular formula is C13H24N2O2. The van der Waals surface area contributed by atoms with Crippen LogP contribution in [0.25, 0.3) is 0 Å². The molecule has 0 aromatic carbocycles. The molecule has 1 N–H and O–H groups in total. The van der Waals surface area contributed by atoms with E-state index in [4.69, 9.17) is 4.74 Å². The van der Waals surface area contributed by atoms with Crippen LogP contribution in [0, 0.1) is 0 Å². The highest BCUT2D eigenvalue weighted by Crippen LogP contribution is 2.25. The molecule has 1 saturated carbocycles. The number of ether oxygens (including phenoxy) is 1. The molecule has 1 unspecified atom stereocenters. The third-order valence-electron chi connectivity index (χ3n) is 3.89. The zero-order chi connectivity index (χ0) is 12.1. The van der Waals surface area contributed by atoms with Gasteiger partial charge in [-0.15, -0.1) is 0 Å². The molecule has 2 aliphatic rings. The predicted octanol–water partition coefficient (Wildman–Crippen LogP) is 1.16. The van der Waals surface area contributed by atoms with Gasteiger partial charge < -0.3 is 15.0 Å². The Labute approximate surface area is 104 Å². The Balaban J connectivity index is 1.87. The van der Waals surface area contributed by atoms with Crippen LogP contribution < -0.4 is 5.32 Å². The second-order valence-corrected chi connectivity index (χ2v) is 5.16. The molecule has 0 spiro atoms. The van der Waals surface area contributed by atoms with E-state index in [9.17, 15) is 4.79 Å². The summed E-state index contributed by atoms with van der Waals surface area (Å²) in [5.41, 5.74) is 0. The molecule has 2 fully saturated rings. The summed E-state index contributed by atoms with van der Waals surface area (Å²) in [6.07, 6.45) is 7.47. The van der Waals surface area contributed by atoms with Gasteiger partial charge in [-0.1, -0.05) is 19.3 Å². The number of nitrogens with zero attached hydrogens (tertiary/aromatic N) is 1. The largest absolute Gasteiger partial charge is 0.367 e. The van der Waals surface area contributed by atoms with Gasteiger partial charge in [-0.3, -0.25) is 4.79 Å². The molecule has 1 heterocycles. The van der Waals surface area contributed by atoms with Crippen LogP contribution in [-0.4, -0.2) is 49.7 Å². The predicted molar refractivity (Wildman–Crippen MR) is 66.9 cm³/mol. The fraction of sp³-hybridized carbons (Fsp3) is 0.923. The van der Waals surface area contributed by atoms with Crippen LogP contribution in [0.2, 0.25) is 0 Å². The van der Waals surface area contributed by atoms with Crippen molar-refractivity contribution < 1.29 is 9.53 Å². The van der Waals surface area contributed by atoms with Crippen LogP contribution in [0.5, 0.6) is 0 Å². The van der Waals surface area contributed by atoms with E-state index in [1.54, 1.807) is 0 Å². The van der Waals surface area contributed by atoms with Crippen LogP contribution in [0.4, 0.5) is 0 Å². The molecule has 98 valence electrons. The molecule has 1 aliphatic carbocycles. The first-order valence-corrected chi connectivity index (χ1v) is 6.87. The van der Waals surface area contributed by atoms with Crippen molar-refractivity contribution in [1.82, 2.24) is 10.2 Å². The van der Waals surface area contributed by atoms with E-state index in [0.717, 1.165) is 19.5 Å². The monoisotopic (exact) mass is 240 g/mol. The minimum atomic E-state index is 0.192. The minimum Gasteiger partial charge on any atom is -0.367 e. The third kappa shape index (κ3) is 3.42. The Kier molecular flexibility index (Phi) is 4.80. The van der Waals surface area contributed by atoms with Crippen molar-refractivity contribution in [3.05, 3.63) is 0 Å². The Morgan fingerprint density at radius 1 is 1.35 bits per heavy atom. The molecule has 1 aliphatic heterocycles. The maximum Gasteiger partial charge on any atom is 0.248 e. The molecule has 0 radical (unpaired) electrons. The summed E-state index contributed by atoms with van der Waals surface area (Å²) < 4.78 is 5.58. The van der Waals surface area contributed by atoms with Crippen LogP contribution in [0.15, 0.2) is 0 Å². The highest BCUT2D eigenvalue weighted by atomic mass is 16.5. The number of hydrogen-bond donors (Lipinski definition) is 1. The maximum atomic E-state index is 11.9. The van der Waals surface area contributed by atoms with E-state index in [-0.39, 0.29) is 18.6 Å². The van der Waals surface area contributed by atoms with Crippen molar-refractivity contribution in [1.29, 1.82) is 0 Å². The molecule has 17 heavy (non-hydrogen) atoms. The van der Waals surface area contributed by atoms with E-state index in [2.05, 4.69) is 10.2 Å². The lowest BCUT2D eigenvalue weighted by molar-refractivity contribution is -0.153. The summed E-state index contributed by atoms with van der Waals surface area (Å²) in [6, 6.07) is 0.484. The number of carbonyl (C=O) groups excluding carboxylic acids is 1. The number of hydrogen-bond acceptors (Lipinski definition) is 3. The molecule has 4 nitrogen and oxygen atoms in total. The second-order valence-electron chi connectivity index (χ2n) is 5.16. The fourth-order valence-corrected chi connectivity index (χ4v) is 2.87. The Morgan fingerprint density at radius 2 is 2.12 bits per heavy atom. The van der Waals surface area contributed by atoms with E-state index < -0.39 is 0 Å². The number of nitrogens with one attached hydrogen (secondary N) is 1. The lowest BCUT2D eigenvalue weighted by atomic mass is 9.93. The normalized spacial score (nSPS) is 27.5. The van der Waals surface area contributed by atoms with Crippen molar-refractivity contribution >= 4 is 5.91 Å². The number of morpholine rings is 1. The van der Waals surface area contributed by atoms with Crippen molar-refractivity contribution in [3.63, 3.8) is 0 Å². The van der Waals surface area contributed by atoms with Crippen molar-refractivity contribution in [2.75, 3.05) is 26.7 Å². The van der Waals surface area contributed by atoms with Gasteiger partial charge in [0.05, 0.1) is 6.10 Å². The van der Waals surface area contributed by atoms with Crippen LogP contribution in [-0.2, 0) is 9.53 Å². The smallest absolute Gasteiger partial charge is 0.248 e. The number of amides is 1. The summed E-state index contributed by atoms with van der Waals surface area (Å²) >= 11 is 0. The van der Waals surface area contributed by atoms with E-state index >= 15 is 0 Å². The van der Waals surface area contributed by atoms with Crippen LogP contribution in [0.1, 0.15) is 38.5 Å². The van der Waals surface area contributed by atoms with E-state index in [1.807, 2.05) is 7.05 Å². The van der Waals surface area contributed by atoms with Gasteiger partial charge in [0.15, 0.2) is 0 Å². The van der Waals surface area contributed by atoms with Gasteiger partial charge in [-0.25, -0.2) is 0 Å². The first kappa shape index (κ1) is 12.8. The highest BCUT2D eigenvalue weighted by molar-refractivity contribution is 5.78. The van der Waals surface area contributed by atoms with Crippen LogP contribution in [0.3, 0.4) is 0 Å². The van der Waals surface area contributed by atoms with Crippen molar-refractivity contribution in [3.8, 4) is 0 Å². The zero-order valence-electron chi connectivity index (χ0n) is 10.8. The van der Waals surface area contributed by atoms with E-state index in [1.165, 1.54) is 32.1 Å². The van der Waals surface area contributed by atoms with Gasteiger partial charge in [0, 0.05) is 12.6 Å². The Morgan fingerprint density at radius 3 is 2.82 bits per heavy atom. The van der Waals surface area contributed by atoms with Gasteiger partial charge in [0.2, 0.25) is 5.91 Å². The molecular weight excluding hydrogens is 216 g/mol. The Hall–Kier alpha value is -0.610. The summed E-state index contributed by atoms with van der Waals surface area (Å²) in [6.45, 7) is 2.04. The minimum absolute atomic E-state index is 0.192. The number of carbonyl (C=O) groups is 1. The van der Waals surface area contributed by atoms with Gasteiger partial charge in [-0.2, -0.15) is 0 Å². The average Bonchev–Trinajstić information content (AvgIpc) is 2.39. The lowest BCUT2D eigenvalue weighted by Crippen LogP contribution is -2.52. The molecule has 0 aromatic rings. The summed E-state index contributed by atoms with van der Waals surface area (Å²) in [5.74, 6) is 0.192. The molecule has 2 rings (SSSR count). The highest BCUT2D eigenvalue weighted by Gasteiger charge is 2.31. The molecule has 0 aromatic heterocycles. The first-order chi connectivity index (χ1) is 8.31. The van der Waals surface area contributed by atoms with Crippen molar-refractivity contribution in [2.45, 2.75) is 50.7 Å². The Bertz CT molecular complexity index is 252. The first-order valence-electron chi connectivity index (χ1n) is 6.87. The summed E-state index contributed by atoms with van der Waals surface area (Å²) in [4.78, 5) is 14.0. The topological polar surface area (TPSA) is 41.6 Å². The summed E-state index contributed by atoms with van der Waals surface area (Å²) in [7, 11) is 1.95. The van der Waals surface area contributed by atoms with Gasteiger partial charge in [-0.05, 0) is 32.9 Å². The molecule has 0 bridgehead atoms. The summed E-state index contributed by atoms with van der Waals surface area (Å²) in [5, 5.41) is 3.14. The standard InChI is InChI=1S/C13H24N2O2/c1-14-8-7-12-9-15(13(16)10-17-12)11-5-3-2-4-6-11/h11-12,14H,2-10H2,1H3. The van der Waals surface area contributed by atoms with Gasteiger partial charge in [0.1, 0.15) is 6.61 Å².